The fraction of sp³-hybridized carbons (Fsp3) is 0.625. The van der Waals surface area contributed by atoms with E-state index in [0.717, 1.165) is 30.7 Å². The molecule has 1 N–H and O–H groups in total. The van der Waals surface area contributed by atoms with Crippen LogP contribution in [0.25, 0.3) is 0 Å². The van der Waals surface area contributed by atoms with E-state index in [4.69, 9.17) is 0 Å². The van der Waals surface area contributed by atoms with Gasteiger partial charge in [-0.25, -0.2) is 0 Å². The van der Waals surface area contributed by atoms with E-state index in [1.165, 1.54) is 24.1 Å². The van der Waals surface area contributed by atoms with Crippen LogP contribution in [0.3, 0.4) is 0 Å². The molecular formula is C16H28BrN3. The molecule has 0 atom stereocenters. The maximum Gasteiger partial charge on any atom is 0.0410 e. The van der Waals surface area contributed by atoms with Gasteiger partial charge in [-0.15, -0.1) is 0 Å². The molecule has 0 amide bonds. The van der Waals surface area contributed by atoms with Crippen molar-refractivity contribution in [1.29, 1.82) is 0 Å². The van der Waals surface area contributed by atoms with Crippen LogP contribution in [0, 0.1) is 0 Å². The Morgan fingerprint density at radius 2 is 1.90 bits per heavy atom. The van der Waals surface area contributed by atoms with Crippen molar-refractivity contribution in [2.45, 2.75) is 26.3 Å². The number of anilines is 1. The van der Waals surface area contributed by atoms with E-state index in [0.29, 0.717) is 0 Å². The second-order valence-corrected chi connectivity index (χ2v) is 6.44. The molecule has 0 fully saturated rings. The molecule has 0 bridgehead atoms. The van der Waals surface area contributed by atoms with Crippen LogP contribution in [0.5, 0.6) is 0 Å². The normalized spacial score (nSPS) is 11.1. The molecule has 0 aliphatic rings. The second-order valence-electron chi connectivity index (χ2n) is 5.53. The first kappa shape index (κ1) is 17.5. The zero-order valence-corrected chi connectivity index (χ0v) is 14.8. The second kappa shape index (κ2) is 9.37. The number of rotatable bonds is 9. The smallest absolute Gasteiger partial charge is 0.0410 e. The summed E-state index contributed by atoms with van der Waals surface area (Å²) < 4.78 is 1.15. The predicted octanol–water partition coefficient (Wildman–Crippen LogP) is 3.34. The quantitative estimate of drug-likeness (QED) is 0.695. The molecule has 0 spiro atoms. The fourth-order valence-electron chi connectivity index (χ4n) is 2.21. The van der Waals surface area contributed by atoms with E-state index < -0.39 is 0 Å². The van der Waals surface area contributed by atoms with Gasteiger partial charge >= 0.3 is 0 Å². The zero-order chi connectivity index (χ0) is 15.0. The molecule has 1 aromatic carbocycles. The van der Waals surface area contributed by atoms with Crippen LogP contribution in [0.4, 0.5) is 5.69 Å². The molecule has 0 aromatic heterocycles. The topological polar surface area (TPSA) is 18.5 Å². The van der Waals surface area contributed by atoms with E-state index in [2.05, 4.69) is 77.3 Å². The standard InChI is InChI=1S/C16H28BrN3/c1-5-9-18-13-14-12-15(17)7-8-16(14)20(4)11-6-10-19(2)3/h7-8,12,18H,5-6,9-11,13H2,1-4H3. The van der Waals surface area contributed by atoms with Gasteiger partial charge in [-0.3, -0.25) is 0 Å². The van der Waals surface area contributed by atoms with Gasteiger partial charge in [0.2, 0.25) is 0 Å². The van der Waals surface area contributed by atoms with Gasteiger partial charge in [0, 0.05) is 30.3 Å². The maximum absolute atomic E-state index is 3.57. The minimum atomic E-state index is 0.931. The minimum Gasteiger partial charge on any atom is -0.374 e. The van der Waals surface area contributed by atoms with Gasteiger partial charge in [0.1, 0.15) is 0 Å². The van der Waals surface area contributed by atoms with E-state index in [9.17, 15) is 0 Å². The zero-order valence-electron chi connectivity index (χ0n) is 13.2. The first-order chi connectivity index (χ1) is 9.54. The molecule has 0 saturated heterocycles. The molecule has 1 rings (SSSR count). The number of nitrogens with one attached hydrogen (secondary N) is 1. The van der Waals surface area contributed by atoms with E-state index >= 15 is 0 Å². The van der Waals surface area contributed by atoms with Crippen molar-refractivity contribution in [3.63, 3.8) is 0 Å². The van der Waals surface area contributed by atoms with Gasteiger partial charge in [-0.2, -0.15) is 0 Å². The highest BCUT2D eigenvalue weighted by atomic mass is 79.9. The van der Waals surface area contributed by atoms with Gasteiger partial charge in [0.25, 0.3) is 0 Å². The number of hydrogen-bond acceptors (Lipinski definition) is 3. The van der Waals surface area contributed by atoms with Crippen molar-refractivity contribution in [3.8, 4) is 0 Å². The lowest BCUT2D eigenvalue weighted by molar-refractivity contribution is 0.401. The van der Waals surface area contributed by atoms with Crippen molar-refractivity contribution < 1.29 is 0 Å². The Morgan fingerprint density at radius 1 is 1.15 bits per heavy atom. The Labute approximate surface area is 132 Å². The molecule has 3 nitrogen and oxygen atoms in total. The highest BCUT2D eigenvalue weighted by Gasteiger charge is 2.08. The summed E-state index contributed by atoms with van der Waals surface area (Å²) in [5.74, 6) is 0. The van der Waals surface area contributed by atoms with Crippen LogP contribution in [-0.4, -0.2) is 45.7 Å². The van der Waals surface area contributed by atoms with Crippen molar-refractivity contribution in [1.82, 2.24) is 10.2 Å². The van der Waals surface area contributed by atoms with E-state index in [1.807, 2.05) is 0 Å². The maximum atomic E-state index is 3.57. The van der Waals surface area contributed by atoms with Crippen LogP contribution in [0.15, 0.2) is 22.7 Å². The van der Waals surface area contributed by atoms with Crippen molar-refractivity contribution >= 4 is 21.6 Å². The third-order valence-electron chi connectivity index (χ3n) is 3.29. The summed E-state index contributed by atoms with van der Waals surface area (Å²) in [7, 11) is 6.43. The van der Waals surface area contributed by atoms with Crippen molar-refractivity contribution in [2.75, 3.05) is 45.7 Å². The fourth-order valence-corrected chi connectivity index (χ4v) is 2.62. The third-order valence-corrected chi connectivity index (χ3v) is 3.79. The summed E-state index contributed by atoms with van der Waals surface area (Å²) in [6.07, 6.45) is 2.35. The molecule has 0 unspecified atom stereocenters. The van der Waals surface area contributed by atoms with Gasteiger partial charge in [-0.1, -0.05) is 22.9 Å². The summed E-state index contributed by atoms with van der Waals surface area (Å²) in [5.41, 5.74) is 2.69. The van der Waals surface area contributed by atoms with Gasteiger partial charge < -0.3 is 15.1 Å². The number of benzene rings is 1. The van der Waals surface area contributed by atoms with Crippen LogP contribution in [0.2, 0.25) is 0 Å². The van der Waals surface area contributed by atoms with Crippen molar-refractivity contribution in [3.05, 3.63) is 28.2 Å². The minimum absolute atomic E-state index is 0.931. The van der Waals surface area contributed by atoms with Gasteiger partial charge in [0.05, 0.1) is 0 Å². The first-order valence-electron chi connectivity index (χ1n) is 7.39. The Kier molecular flexibility index (Phi) is 8.19. The summed E-state index contributed by atoms with van der Waals surface area (Å²) in [4.78, 5) is 4.60. The van der Waals surface area contributed by atoms with Crippen LogP contribution in [0.1, 0.15) is 25.3 Å². The van der Waals surface area contributed by atoms with Gasteiger partial charge in [0.15, 0.2) is 0 Å². The molecule has 0 radical (unpaired) electrons. The lowest BCUT2D eigenvalue weighted by Gasteiger charge is -2.24. The Morgan fingerprint density at radius 3 is 2.55 bits per heavy atom. The SMILES string of the molecule is CCCNCc1cc(Br)ccc1N(C)CCCN(C)C. The lowest BCUT2D eigenvalue weighted by atomic mass is 10.1. The summed E-state index contributed by atoms with van der Waals surface area (Å²) in [5, 5.41) is 3.49. The molecule has 0 aliphatic heterocycles. The molecule has 0 saturated carbocycles. The van der Waals surface area contributed by atoms with Crippen LogP contribution in [-0.2, 0) is 6.54 Å². The Balaban J connectivity index is 2.66. The molecular weight excluding hydrogens is 314 g/mol. The third kappa shape index (κ3) is 6.25. The lowest BCUT2D eigenvalue weighted by Crippen LogP contribution is -2.25. The highest BCUT2D eigenvalue weighted by Crippen LogP contribution is 2.24. The molecule has 4 heteroatoms. The summed E-state index contributed by atoms with van der Waals surface area (Å²) >= 11 is 3.57. The van der Waals surface area contributed by atoms with E-state index in [-0.39, 0.29) is 0 Å². The monoisotopic (exact) mass is 341 g/mol. The molecule has 0 aliphatic carbocycles. The number of halogens is 1. The highest BCUT2D eigenvalue weighted by molar-refractivity contribution is 9.10. The Hall–Kier alpha value is -0.580. The molecule has 1 aromatic rings. The average Bonchev–Trinajstić information content (AvgIpc) is 2.38. The van der Waals surface area contributed by atoms with Crippen LogP contribution >= 0.6 is 15.9 Å². The molecule has 0 heterocycles. The summed E-state index contributed by atoms with van der Waals surface area (Å²) in [6, 6.07) is 6.56. The number of hydrogen-bond donors (Lipinski definition) is 1. The average molecular weight is 342 g/mol. The van der Waals surface area contributed by atoms with Crippen LogP contribution < -0.4 is 10.2 Å². The largest absolute Gasteiger partial charge is 0.374 e. The van der Waals surface area contributed by atoms with Gasteiger partial charge in [-0.05, 0) is 63.8 Å². The molecule has 20 heavy (non-hydrogen) atoms. The summed E-state index contributed by atoms with van der Waals surface area (Å²) in [6.45, 7) is 6.41. The Bertz CT molecular complexity index is 393. The predicted molar refractivity (Wildman–Crippen MR) is 92.6 cm³/mol. The number of nitrogens with zero attached hydrogens (tertiary/aromatic N) is 2. The molecule has 114 valence electrons. The van der Waals surface area contributed by atoms with Crippen molar-refractivity contribution in [2.24, 2.45) is 0 Å². The first-order valence-corrected chi connectivity index (χ1v) is 8.19. The van der Waals surface area contributed by atoms with E-state index in [1.54, 1.807) is 0 Å².